The number of rotatable bonds is 3. The van der Waals surface area contributed by atoms with Gasteiger partial charge in [0.2, 0.25) is 0 Å². The van der Waals surface area contributed by atoms with E-state index >= 15 is 0 Å². The van der Waals surface area contributed by atoms with Gasteiger partial charge < -0.3 is 0 Å². The zero-order valence-corrected chi connectivity index (χ0v) is 23.6. The molecule has 1 nitrogen and oxygen atoms in total. The number of hydrogen-bond acceptors (Lipinski definition) is 1. The minimum absolute atomic E-state index is 0. The second-order valence-corrected chi connectivity index (χ2v) is 12.2. The van der Waals surface area contributed by atoms with E-state index in [0.717, 1.165) is 5.75 Å². The van der Waals surface area contributed by atoms with Crippen LogP contribution < -0.4 is 3.32 Å². The van der Waals surface area contributed by atoms with Gasteiger partial charge in [-0.3, -0.25) is 0 Å². The smallest absolute Gasteiger partial charge is 0.147 e. The van der Waals surface area contributed by atoms with Crippen molar-refractivity contribution in [3.05, 3.63) is 49.4 Å². The van der Waals surface area contributed by atoms with E-state index in [9.17, 15) is 0 Å². The largest absolute Gasteiger partial charge is 0.147 e. The van der Waals surface area contributed by atoms with Gasteiger partial charge in [0, 0.05) is 0 Å². The maximum Gasteiger partial charge on any atom is -0.147 e. The topological polar surface area (TPSA) is 9.23 Å². The second-order valence-electron chi connectivity index (χ2n) is 10.8. The van der Waals surface area contributed by atoms with Crippen molar-refractivity contribution in [2.24, 2.45) is 5.41 Å². The average molecular weight is 475 g/mol. The maximum absolute atomic E-state index is 6.80. The van der Waals surface area contributed by atoms with Crippen LogP contribution in [0.1, 0.15) is 92.9 Å². The molecule has 1 aromatic rings. The van der Waals surface area contributed by atoms with Crippen molar-refractivity contribution in [3.63, 3.8) is 0 Å². The molecule has 0 aromatic heterocycles. The van der Waals surface area contributed by atoms with Gasteiger partial charge in [-0.05, 0) is 0 Å². The van der Waals surface area contributed by atoms with Crippen LogP contribution in [0.2, 0.25) is 0 Å². The number of benzene rings is 1. The summed E-state index contributed by atoms with van der Waals surface area (Å²) in [5.74, 6) is 1.14. The summed E-state index contributed by atoms with van der Waals surface area (Å²) >= 11 is -0.707. The second kappa shape index (κ2) is 9.52. The SMILES string of the molecule is CC1=C(C)C(C)(C)[C]([Ti][O]c2c(C(C)(C)C)cc(C)cc2C(C)(C)C)=C1C.Cl.Cl. The molecule has 0 fully saturated rings. The fourth-order valence-corrected chi connectivity index (χ4v) is 5.78. The van der Waals surface area contributed by atoms with E-state index in [-0.39, 0.29) is 41.1 Å². The maximum atomic E-state index is 6.80. The molecule has 164 valence electrons. The first-order valence-electron chi connectivity index (χ1n) is 10.1. The molecule has 29 heavy (non-hydrogen) atoms. The van der Waals surface area contributed by atoms with Gasteiger partial charge in [-0.25, -0.2) is 0 Å². The zero-order chi connectivity index (χ0) is 20.9. The summed E-state index contributed by atoms with van der Waals surface area (Å²) in [4.78, 5) is 0. The Labute approximate surface area is 201 Å². The third-order valence-corrected chi connectivity index (χ3v) is 8.53. The Bertz CT molecular complexity index is 783. The van der Waals surface area contributed by atoms with Crippen LogP contribution in [0.15, 0.2) is 32.7 Å². The van der Waals surface area contributed by atoms with Crippen LogP contribution in [0.25, 0.3) is 0 Å². The molecule has 2 rings (SSSR count). The van der Waals surface area contributed by atoms with E-state index in [1.165, 1.54) is 37.3 Å². The Kier molecular flexibility index (Phi) is 9.45. The molecule has 0 N–H and O–H groups in total. The van der Waals surface area contributed by atoms with E-state index in [0.29, 0.717) is 0 Å². The number of halogens is 2. The summed E-state index contributed by atoms with van der Waals surface area (Å²) in [6.45, 7) is 27.5. The summed E-state index contributed by atoms with van der Waals surface area (Å²) in [6, 6.07) is 4.65. The third-order valence-electron chi connectivity index (χ3n) is 6.17. The quantitative estimate of drug-likeness (QED) is 0.399. The standard InChI is InChI=1S/C15H24O.C10H15.2ClH.Ti/c1-10-8-11(14(2,3)4)13(16)12(9-10)15(5,6)7;1-7-6-10(4,5)9(3)8(7)2;;;/h8-9,16H,1-7H3;1-5H3;2*1H;/q;;;;+1/p-1. The van der Waals surface area contributed by atoms with Gasteiger partial charge in [0.1, 0.15) is 0 Å². The Morgan fingerprint density at radius 3 is 1.48 bits per heavy atom. The molecule has 0 heterocycles. The summed E-state index contributed by atoms with van der Waals surface area (Å²) < 4.78 is 8.34. The van der Waals surface area contributed by atoms with E-state index in [1.807, 2.05) is 0 Å². The monoisotopic (exact) mass is 474 g/mol. The molecule has 0 radical (unpaired) electrons. The first-order chi connectivity index (χ1) is 12.1. The first-order valence-corrected chi connectivity index (χ1v) is 11.5. The normalized spacial score (nSPS) is 16.4. The molecule has 1 aliphatic rings. The van der Waals surface area contributed by atoms with Gasteiger partial charge in [0.05, 0.1) is 0 Å². The Balaban J connectivity index is 0.00000392. The van der Waals surface area contributed by atoms with Crippen molar-refractivity contribution < 1.29 is 22.9 Å². The van der Waals surface area contributed by atoms with Crippen molar-refractivity contribution in [2.45, 2.75) is 93.9 Å². The number of hydrogen-bond donors (Lipinski definition) is 0. The third kappa shape index (κ3) is 5.73. The summed E-state index contributed by atoms with van der Waals surface area (Å²) in [6.07, 6.45) is 0. The van der Waals surface area contributed by atoms with Crippen molar-refractivity contribution in [3.8, 4) is 5.75 Å². The fourth-order valence-electron chi connectivity index (χ4n) is 3.90. The molecule has 4 heteroatoms. The minimum Gasteiger partial charge on any atom is -0.147 e. The van der Waals surface area contributed by atoms with Crippen LogP contribution in [0, 0.1) is 12.3 Å². The van der Waals surface area contributed by atoms with Gasteiger partial charge in [-0.15, -0.1) is 24.8 Å². The van der Waals surface area contributed by atoms with E-state index in [2.05, 4.69) is 95.2 Å². The van der Waals surface area contributed by atoms with Crippen LogP contribution in [0.3, 0.4) is 0 Å². The van der Waals surface area contributed by atoms with Crippen molar-refractivity contribution in [2.75, 3.05) is 0 Å². The molecule has 1 aliphatic carbocycles. The van der Waals surface area contributed by atoms with Crippen LogP contribution in [0.4, 0.5) is 0 Å². The van der Waals surface area contributed by atoms with Crippen molar-refractivity contribution >= 4 is 24.8 Å². The molecule has 0 atom stereocenters. The molecule has 0 saturated carbocycles. The zero-order valence-electron chi connectivity index (χ0n) is 20.4. The molecule has 0 saturated heterocycles. The van der Waals surface area contributed by atoms with Gasteiger partial charge >= 0.3 is 177 Å². The molecular weight excluding hydrogens is 435 g/mol. The summed E-state index contributed by atoms with van der Waals surface area (Å²) in [7, 11) is 0. The Morgan fingerprint density at radius 1 is 0.759 bits per heavy atom. The van der Waals surface area contributed by atoms with Gasteiger partial charge in [0.25, 0.3) is 0 Å². The Morgan fingerprint density at radius 2 is 1.17 bits per heavy atom. The van der Waals surface area contributed by atoms with Crippen LogP contribution in [-0.2, 0) is 30.4 Å². The summed E-state index contributed by atoms with van der Waals surface area (Å²) in [5.41, 5.74) is 8.66. The van der Waals surface area contributed by atoms with Crippen molar-refractivity contribution in [1.29, 1.82) is 0 Å². The molecule has 0 unspecified atom stereocenters. The van der Waals surface area contributed by atoms with E-state index < -0.39 is 19.5 Å². The van der Waals surface area contributed by atoms with Gasteiger partial charge in [-0.1, -0.05) is 0 Å². The molecule has 0 aliphatic heterocycles. The molecule has 1 aromatic carbocycles. The van der Waals surface area contributed by atoms with Gasteiger partial charge in [-0.2, -0.15) is 0 Å². The van der Waals surface area contributed by atoms with Crippen LogP contribution >= 0.6 is 24.8 Å². The predicted octanol–water partition coefficient (Wildman–Crippen LogP) is 8.46. The fraction of sp³-hybridized carbons (Fsp3) is 0.600. The van der Waals surface area contributed by atoms with Gasteiger partial charge in [0.15, 0.2) is 0 Å². The molecule has 0 spiro atoms. The number of aryl methyl sites for hydroxylation is 1. The van der Waals surface area contributed by atoms with E-state index in [1.54, 1.807) is 0 Å². The first kappa shape index (κ1) is 28.8. The average Bonchev–Trinajstić information content (AvgIpc) is 2.64. The van der Waals surface area contributed by atoms with E-state index in [4.69, 9.17) is 3.32 Å². The predicted molar refractivity (Wildman–Crippen MR) is 129 cm³/mol. The summed E-state index contributed by atoms with van der Waals surface area (Å²) in [5, 5.41) is 0. The Hall–Kier alpha value is -0.206. The molecular formula is C25H40Cl2OTi. The van der Waals surface area contributed by atoms with Crippen molar-refractivity contribution in [1.82, 2.24) is 0 Å². The van der Waals surface area contributed by atoms with Crippen LogP contribution in [-0.4, -0.2) is 0 Å². The molecule has 0 amide bonds. The molecule has 0 bridgehead atoms. The number of allylic oxidation sites excluding steroid dienone is 4. The van der Waals surface area contributed by atoms with Crippen LogP contribution in [0.5, 0.6) is 5.75 Å². The minimum atomic E-state index is -0.707.